The topological polar surface area (TPSA) is 169 Å². The van der Waals surface area contributed by atoms with Crippen LogP contribution in [0, 0.1) is 0 Å². The molecular weight excluding hydrogens is 433 g/mol. The van der Waals surface area contributed by atoms with Crippen LogP contribution in [-0.2, 0) is 11.2 Å². The largest absolute Gasteiger partial charge is 0.537 e. The number of benzene rings is 1. The molecule has 0 unspecified atom stereocenters. The summed E-state index contributed by atoms with van der Waals surface area (Å²) in [7, 11) is -1.27. The molecule has 11 nitrogen and oxygen atoms in total. The average molecular weight is 451 g/mol. The highest BCUT2D eigenvalue weighted by Gasteiger charge is 2.39. The molecular formula is C16H18BN5O6S2. The van der Waals surface area contributed by atoms with Crippen molar-refractivity contribution in [3.05, 3.63) is 23.3 Å². The van der Waals surface area contributed by atoms with E-state index in [0.717, 1.165) is 0 Å². The second-order valence-corrected chi connectivity index (χ2v) is 9.21. The van der Waals surface area contributed by atoms with E-state index < -0.39 is 18.2 Å². The molecule has 30 heavy (non-hydrogen) atoms. The Bertz CT molecular complexity index is 972. The van der Waals surface area contributed by atoms with Crippen LogP contribution >= 0.6 is 23.1 Å². The van der Waals surface area contributed by atoms with Crippen molar-refractivity contribution in [2.45, 2.75) is 22.0 Å². The minimum absolute atomic E-state index is 0.00154. The highest BCUT2D eigenvalue weighted by Crippen LogP contribution is 2.40. The number of carbonyl (C=O) groups is 2. The third kappa shape index (κ3) is 4.46. The lowest BCUT2D eigenvalue weighted by atomic mass is 9.77. The highest BCUT2D eigenvalue weighted by atomic mass is 32.2. The molecule has 2 aliphatic rings. The Labute approximate surface area is 179 Å². The van der Waals surface area contributed by atoms with E-state index in [9.17, 15) is 19.7 Å². The number of hydrogen-bond donors (Lipinski definition) is 5. The normalized spacial score (nSPS) is 18.2. The maximum absolute atomic E-state index is 12.0. The maximum Gasteiger partial charge on any atom is 0.537 e. The standard InChI is InChI=1S/C16H18BN5O6S2/c18-15-21-22-16(30-15)29-10-3-7-1-2-9(12(14(24)25)13(7)28-17(10)26)27-6-11(23)20-8-4-19-5-8/h1-2,8,10,19,26H,3-6H2,(H2,18,21)(H,20,23)(H,24,25)/t10-/m0/s1. The van der Waals surface area contributed by atoms with Crippen molar-refractivity contribution in [1.29, 1.82) is 0 Å². The van der Waals surface area contributed by atoms with Gasteiger partial charge in [-0.05, 0) is 18.1 Å². The highest BCUT2D eigenvalue weighted by molar-refractivity contribution is 8.02. The number of carbonyl (C=O) groups excluding carboxylic acids is 1. The molecule has 0 spiro atoms. The third-order valence-corrected chi connectivity index (χ3v) is 6.64. The number of nitrogens with one attached hydrogen (secondary N) is 2. The predicted molar refractivity (Wildman–Crippen MR) is 110 cm³/mol. The summed E-state index contributed by atoms with van der Waals surface area (Å²) in [6, 6.07) is 3.21. The summed E-state index contributed by atoms with van der Waals surface area (Å²) in [5, 5.41) is 33.4. The number of aromatic carboxylic acids is 1. The molecule has 158 valence electrons. The first-order chi connectivity index (χ1) is 14.4. The molecule has 6 N–H and O–H groups in total. The lowest BCUT2D eigenvalue weighted by Gasteiger charge is -2.29. The molecule has 1 aromatic carbocycles. The van der Waals surface area contributed by atoms with E-state index in [1.54, 1.807) is 6.07 Å². The number of nitrogens with two attached hydrogens (primary N) is 1. The van der Waals surface area contributed by atoms with Crippen LogP contribution in [0.15, 0.2) is 16.5 Å². The number of anilines is 1. The van der Waals surface area contributed by atoms with Crippen LogP contribution in [0.3, 0.4) is 0 Å². The summed E-state index contributed by atoms with van der Waals surface area (Å²) in [6.07, 6.45) is 0.344. The molecule has 0 radical (unpaired) electrons. The summed E-state index contributed by atoms with van der Waals surface area (Å²) in [6.45, 7) is 1.06. The zero-order chi connectivity index (χ0) is 21.3. The van der Waals surface area contributed by atoms with Gasteiger partial charge in [-0.1, -0.05) is 29.2 Å². The molecule has 1 amide bonds. The van der Waals surface area contributed by atoms with Gasteiger partial charge in [0.1, 0.15) is 17.1 Å². The summed E-state index contributed by atoms with van der Waals surface area (Å²) < 4.78 is 11.6. The molecule has 4 rings (SSSR count). The zero-order valence-electron chi connectivity index (χ0n) is 15.5. The van der Waals surface area contributed by atoms with E-state index in [0.29, 0.717) is 34.5 Å². The Morgan fingerprint density at radius 2 is 2.23 bits per heavy atom. The van der Waals surface area contributed by atoms with Crippen LogP contribution in [0.2, 0.25) is 0 Å². The lowest BCUT2D eigenvalue weighted by Crippen LogP contribution is -2.57. The van der Waals surface area contributed by atoms with E-state index in [1.807, 2.05) is 0 Å². The van der Waals surface area contributed by atoms with Gasteiger partial charge >= 0.3 is 13.1 Å². The van der Waals surface area contributed by atoms with Crippen LogP contribution < -0.4 is 25.8 Å². The van der Waals surface area contributed by atoms with E-state index >= 15 is 0 Å². The number of amides is 1. The molecule has 0 bridgehead atoms. The van der Waals surface area contributed by atoms with E-state index in [-0.39, 0.29) is 35.6 Å². The second-order valence-electron chi connectivity index (χ2n) is 6.72. The number of carboxylic acids is 1. The number of carboxylic acid groups (broad SMARTS) is 1. The summed E-state index contributed by atoms with van der Waals surface area (Å²) in [5.41, 5.74) is 5.95. The van der Waals surface area contributed by atoms with E-state index in [1.165, 1.54) is 29.2 Å². The Morgan fingerprint density at radius 1 is 1.43 bits per heavy atom. The molecule has 0 aliphatic carbocycles. The van der Waals surface area contributed by atoms with Gasteiger partial charge in [-0.25, -0.2) is 4.79 Å². The number of fused-ring (bicyclic) bond motifs is 1. The first kappa shape index (κ1) is 20.7. The van der Waals surface area contributed by atoms with Crippen molar-refractivity contribution in [3.8, 4) is 11.5 Å². The second kappa shape index (κ2) is 8.67. The van der Waals surface area contributed by atoms with Crippen LogP contribution in [0.25, 0.3) is 0 Å². The van der Waals surface area contributed by atoms with Gasteiger partial charge in [-0.2, -0.15) is 0 Å². The number of aromatic nitrogens is 2. The van der Waals surface area contributed by atoms with E-state index in [2.05, 4.69) is 20.8 Å². The number of nitrogen functional groups attached to an aromatic ring is 1. The van der Waals surface area contributed by atoms with Crippen molar-refractivity contribution in [3.63, 3.8) is 0 Å². The van der Waals surface area contributed by atoms with Crippen LogP contribution in [0.4, 0.5) is 5.13 Å². The molecule has 1 saturated heterocycles. The quantitative estimate of drug-likeness (QED) is 0.341. The molecule has 0 saturated carbocycles. The average Bonchev–Trinajstić information content (AvgIpc) is 3.07. The molecule has 1 aromatic heterocycles. The monoisotopic (exact) mass is 451 g/mol. The van der Waals surface area contributed by atoms with Crippen LogP contribution in [0.1, 0.15) is 15.9 Å². The summed E-state index contributed by atoms with van der Waals surface area (Å²) in [5.74, 6) is -1.59. The maximum atomic E-state index is 12.0. The Kier molecular flexibility index (Phi) is 5.99. The SMILES string of the molecule is Nc1nnc(S[C@H]2Cc3ccc(OCC(=O)NC4CNC4)c(C(=O)O)c3OB2O)s1. The zero-order valence-corrected chi connectivity index (χ0v) is 17.2. The van der Waals surface area contributed by atoms with Crippen LogP contribution in [-0.4, -0.2) is 70.2 Å². The van der Waals surface area contributed by atoms with Crippen molar-refractivity contribution in [1.82, 2.24) is 20.8 Å². The molecule has 3 heterocycles. The number of hydrogen-bond acceptors (Lipinski definition) is 11. The fourth-order valence-corrected chi connectivity index (χ4v) is 4.98. The number of ether oxygens (including phenoxy) is 1. The van der Waals surface area contributed by atoms with Crippen molar-refractivity contribution < 1.29 is 29.1 Å². The Morgan fingerprint density at radius 3 is 2.87 bits per heavy atom. The number of nitrogens with zero attached hydrogens (tertiary/aromatic N) is 2. The Balaban J connectivity index is 1.49. The fourth-order valence-electron chi connectivity index (χ4n) is 3.04. The minimum Gasteiger partial charge on any atom is -0.534 e. The fraction of sp³-hybridized carbons (Fsp3) is 0.375. The molecule has 1 fully saturated rings. The van der Waals surface area contributed by atoms with E-state index in [4.69, 9.17) is 15.1 Å². The van der Waals surface area contributed by atoms with Gasteiger partial charge in [0.2, 0.25) is 5.13 Å². The summed E-state index contributed by atoms with van der Waals surface area (Å²) in [4.78, 5) is 23.8. The van der Waals surface area contributed by atoms with Crippen molar-refractivity contribution in [2.75, 3.05) is 25.4 Å². The number of rotatable bonds is 7. The lowest BCUT2D eigenvalue weighted by molar-refractivity contribution is -0.124. The van der Waals surface area contributed by atoms with Crippen LogP contribution in [0.5, 0.6) is 11.5 Å². The molecule has 1 atom stereocenters. The molecule has 2 aliphatic heterocycles. The van der Waals surface area contributed by atoms with Crippen molar-refractivity contribution in [2.24, 2.45) is 0 Å². The van der Waals surface area contributed by atoms with Crippen molar-refractivity contribution >= 4 is 47.2 Å². The van der Waals surface area contributed by atoms with Gasteiger partial charge in [0.15, 0.2) is 10.9 Å². The van der Waals surface area contributed by atoms with Gasteiger partial charge < -0.3 is 35.9 Å². The molecule has 2 aromatic rings. The molecule has 14 heteroatoms. The van der Waals surface area contributed by atoms with Gasteiger partial charge in [0.25, 0.3) is 5.91 Å². The van der Waals surface area contributed by atoms with Gasteiger partial charge in [0.05, 0.1) is 11.2 Å². The third-order valence-electron chi connectivity index (χ3n) is 4.57. The first-order valence-corrected chi connectivity index (χ1v) is 10.7. The number of thioether (sulfide) groups is 1. The predicted octanol–water partition coefficient (Wildman–Crippen LogP) is -0.599. The van der Waals surface area contributed by atoms with Gasteiger partial charge in [-0.3, -0.25) is 4.79 Å². The summed E-state index contributed by atoms with van der Waals surface area (Å²) >= 11 is 2.45. The Hall–Kier alpha value is -2.55. The first-order valence-electron chi connectivity index (χ1n) is 9.03. The minimum atomic E-state index is -1.28. The van der Waals surface area contributed by atoms with Gasteiger partial charge in [0, 0.05) is 13.1 Å². The smallest absolute Gasteiger partial charge is 0.534 e. The van der Waals surface area contributed by atoms with Gasteiger partial charge in [-0.15, -0.1) is 10.2 Å².